The summed E-state index contributed by atoms with van der Waals surface area (Å²) in [7, 11) is 0. The van der Waals surface area contributed by atoms with Gasteiger partial charge in [0, 0.05) is 16.2 Å². The topological polar surface area (TPSA) is 83.7 Å². The van der Waals surface area contributed by atoms with Crippen LogP contribution in [0.15, 0.2) is 48.7 Å². The maximum Gasteiger partial charge on any atom is 0.240 e. The van der Waals surface area contributed by atoms with Crippen LogP contribution in [0.2, 0.25) is 10.0 Å². The minimum atomic E-state index is -0.911. The van der Waals surface area contributed by atoms with Crippen LogP contribution < -0.4 is 10.6 Å². The van der Waals surface area contributed by atoms with E-state index >= 15 is 0 Å². The lowest BCUT2D eigenvalue weighted by Crippen LogP contribution is -2.46. The van der Waals surface area contributed by atoms with Gasteiger partial charge in [0.2, 0.25) is 17.7 Å². The molecule has 146 valence electrons. The molecule has 0 unspecified atom stereocenters. The van der Waals surface area contributed by atoms with E-state index in [1.807, 2.05) is 30.3 Å². The second kappa shape index (κ2) is 6.34. The first kappa shape index (κ1) is 18.2. The Morgan fingerprint density at radius 3 is 2.31 bits per heavy atom. The molecular weight excluding hydrogens is 413 g/mol. The molecule has 2 saturated heterocycles. The van der Waals surface area contributed by atoms with Gasteiger partial charge in [-0.15, -0.1) is 0 Å². The standard InChI is InChI=1S/C21H15Cl2N3O3/c22-11-7-12(23)9-13(8-11)26-20(28)15-16(21(26)29)18(19(24)27)25-6-5-10-3-1-2-4-14(10)17(15)25/h1-9,15-18H,(H2,24,27)/t15-,16-,17+,18+/m1/s1. The molecule has 0 saturated carbocycles. The van der Waals surface area contributed by atoms with Gasteiger partial charge < -0.3 is 10.6 Å². The van der Waals surface area contributed by atoms with Crippen LogP contribution in [-0.2, 0) is 14.4 Å². The Morgan fingerprint density at radius 2 is 1.62 bits per heavy atom. The van der Waals surface area contributed by atoms with E-state index in [1.54, 1.807) is 11.1 Å². The fourth-order valence-corrected chi connectivity index (χ4v) is 5.32. The summed E-state index contributed by atoms with van der Waals surface area (Å²) in [6.07, 6.45) is 3.62. The molecule has 0 aromatic heterocycles. The maximum absolute atomic E-state index is 13.5. The zero-order valence-corrected chi connectivity index (χ0v) is 16.5. The van der Waals surface area contributed by atoms with E-state index < -0.39 is 35.7 Å². The smallest absolute Gasteiger partial charge is 0.240 e. The van der Waals surface area contributed by atoms with Crippen LogP contribution in [0.5, 0.6) is 0 Å². The number of rotatable bonds is 2. The Labute approximate surface area is 176 Å². The number of hydrogen-bond donors (Lipinski definition) is 1. The van der Waals surface area contributed by atoms with Crippen molar-refractivity contribution in [3.8, 4) is 0 Å². The predicted octanol–water partition coefficient (Wildman–Crippen LogP) is 2.99. The highest BCUT2D eigenvalue weighted by molar-refractivity contribution is 6.35. The second-order valence-corrected chi connectivity index (χ2v) is 8.25. The molecular formula is C21H15Cl2N3O3. The van der Waals surface area contributed by atoms with Gasteiger partial charge in [-0.25, -0.2) is 4.90 Å². The fourth-order valence-electron chi connectivity index (χ4n) is 4.81. The first-order chi connectivity index (χ1) is 13.9. The van der Waals surface area contributed by atoms with Crippen molar-refractivity contribution in [1.29, 1.82) is 0 Å². The molecule has 4 atom stereocenters. The molecule has 0 spiro atoms. The highest BCUT2D eigenvalue weighted by Crippen LogP contribution is 2.53. The zero-order chi connectivity index (χ0) is 20.4. The highest BCUT2D eigenvalue weighted by Gasteiger charge is 2.64. The summed E-state index contributed by atoms with van der Waals surface area (Å²) >= 11 is 12.2. The van der Waals surface area contributed by atoms with Crippen LogP contribution >= 0.6 is 23.2 Å². The SMILES string of the molecule is NC(=O)[C@@H]1[C@@H]2C(=O)N(c3cc(Cl)cc(Cl)c3)C(=O)[C@H]2[C@@H]2c3ccccc3C=CN12. The number of hydrogen-bond acceptors (Lipinski definition) is 4. The Hall–Kier alpha value is -2.83. The molecule has 3 heterocycles. The normalized spacial score (nSPS) is 27.1. The van der Waals surface area contributed by atoms with E-state index in [1.165, 1.54) is 18.2 Å². The van der Waals surface area contributed by atoms with E-state index in [0.717, 1.165) is 16.0 Å². The molecule has 0 radical (unpaired) electrons. The van der Waals surface area contributed by atoms with Crippen LogP contribution in [0, 0.1) is 11.8 Å². The van der Waals surface area contributed by atoms with Gasteiger partial charge in [-0.1, -0.05) is 47.5 Å². The maximum atomic E-state index is 13.5. The average molecular weight is 428 g/mol. The highest BCUT2D eigenvalue weighted by atomic mass is 35.5. The molecule has 3 aliphatic heterocycles. The van der Waals surface area contributed by atoms with Crippen LogP contribution in [-0.4, -0.2) is 28.7 Å². The number of halogens is 2. The lowest BCUT2D eigenvalue weighted by molar-refractivity contribution is -0.129. The van der Waals surface area contributed by atoms with Gasteiger partial charge in [0.25, 0.3) is 0 Å². The number of nitrogens with two attached hydrogens (primary N) is 1. The van der Waals surface area contributed by atoms with Gasteiger partial charge >= 0.3 is 0 Å². The minimum absolute atomic E-state index is 0.293. The third-order valence-electron chi connectivity index (χ3n) is 5.86. The van der Waals surface area contributed by atoms with Crippen molar-refractivity contribution in [1.82, 2.24) is 4.90 Å². The van der Waals surface area contributed by atoms with Gasteiger partial charge in [-0.3, -0.25) is 14.4 Å². The predicted molar refractivity (Wildman–Crippen MR) is 109 cm³/mol. The molecule has 6 nitrogen and oxygen atoms in total. The summed E-state index contributed by atoms with van der Waals surface area (Å²) in [4.78, 5) is 42.0. The number of anilines is 1. The molecule has 3 amide bonds. The Morgan fingerprint density at radius 1 is 0.966 bits per heavy atom. The molecule has 8 heteroatoms. The molecule has 2 fully saturated rings. The number of benzene rings is 2. The third-order valence-corrected chi connectivity index (χ3v) is 6.30. The van der Waals surface area contributed by atoms with Gasteiger partial charge in [-0.05, 0) is 35.4 Å². The number of carbonyl (C=O) groups is 3. The van der Waals surface area contributed by atoms with Crippen molar-refractivity contribution >= 4 is 52.7 Å². The first-order valence-corrected chi connectivity index (χ1v) is 9.82. The summed E-state index contributed by atoms with van der Waals surface area (Å²) in [6.45, 7) is 0. The molecule has 3 aliphatic rings. The number of carbonyl (C=O) groups excluding carboxylic acids is 3. The number of amides is 3. The molecule has 0 bridgehead atoms. The van der Waals surface area contributed by atoms with E-state index in [-0.39, 0.29) is 5.91 Å². The molecule has 2 aromatic rings. The first-order valence-electron chi connectivity index (χ1n) is 9.06. The van der Waals surface area contributed by atoms with Crippen LogP contribution in [0.1, 0.15) is 17.2 Å². The molecule has 0 aliphatic carbocycles. The quantitative estimate of drug-likeness (QED) is 0.746. The van der Waals surface area contributed by atoms with Gasteiger partial charge in [0.05, 0.1) is 23.6 Å². The van der Waals surface area contributed by atoms with Crippen molar-refractivity contribution < 1.29 is 14.4 Å². The second-order valence-electron chi connectivity index (χ2n) is 7.38. The van der Waals surface area contributed by atoms with Crippen LogP contribution in [0.3, 0.4) is 0 Å². The summed E-state index contributed by atoms with van der Waals surface area (Å²) in [5, 5.41) is 0.619. The van der Waals surface area contributed by atoms with Crippen molar-refractivity contribution in [3.63, 3.8) is 0 Å². The van der Waals surface area contributed by atoms with Gasteiger partial charge in [-0.2, -0.15) is 0 Å². The monoisotopic (exact) mass is 427 g/mol. The number of imide groups is 1. The lowest BCUT2D eigenvalue weighted by Gasteiger charge is -2.34. The van der Waals surface area contributed by atoms with E-state index in [9.17, 15) is 14.4 Å². The Kier molecular flexibility index (Phi) is 3.98. The number of nitrogens with zero attached hydrogens (tertiary/aromatic N) is 2. The largest absolute Gasteiger partial charge is 0.368 e. The van der Waals surface area contributed by atoms with Gasteiger partial charge in [0.15, 0.2) is 0 Å². The van der Waals surface area contributed by atoms with Crippen molar-refractivity contribution in [3.05, 3.63) is 69.8 Å². The van der Waals surface area contributed by atoms with Crippen LogP contribution in [0.25, 0.3) is 6.08 Å². The Balaban J connectivity index is 1.66. The molecule has 29 heavy (non-hydrogen) atoms. The fraction of sp³-hybridized carbons (Fsp3) is 0.190. The third kappa shape index (κ3) is 2.52. The number of primary amides is 1. The summed E-state index contributed by atoms with van der Waals surface area (Å²) in [5.41, 5.74) is 7.81. The Bertz CT molecular complexity index is 1100. The van der Waals surface area contributed by atoms with E-state index in [0.29, 0.717) is 15.7 Å². The van der Waals surface area contributed by atoms with Crippen molar-refractivity contribution in [2.75, 3.05) is 4.90 Å². The number of fused-ring (bicyclic) bond motifs is 5. The van der Waals surface area contributed by atoms with Crippen LogP contribution in [0.4, 0.5) is 5.69 Å². The van der Waals surface area contributed by atoms with E-state index in [2.05, 4.69) is 0 Å². The summed E-state index contributed by atoms with van der Waals surface area (Å²) < 4.78 is 0. The summed E-state index contributed by atoms with van der Waals surface area (Å²) in [5.74, 6) is -3.11. The minimum Gasteiger partial charge on any atom is -0.368 e. The summed E-state index contributed by atoms with van der Waals surface area (Å²) in [6, 6.07) is 10.8. The molecule has 2 aromatic carbocycles. The average Bonchev–Trinajstić information content (AvgIpc) is 3.14. The van der Waals surface area contributed by atoms with Crippen molar-refractivity contribution in [2.24, 2.45) is 17.6 Å². The molecule has 5 rings (SSSR count). The van der Waals surface area contributed by atoms with E-state index in [4.69, 9.17) is 28.9 Å². The van der Waals surface area contributed by atoms with Gasteiger partial charge in [0.1, 0.15) is 6.04 Å². The lowest BCUT2D eigenvalue weighted by atomic mass is 9.84. The zero-order valence-electron chi connectivity index (χ0n) is 15.0. The van der Waals surface area contributed by atoms with Crippen molar-refractivity contribution in [2.45, 2.75) is 12.1 Å². The molecule has 2 N–H and O–H groups in total.